The van der Waals surface area contributed by atoms with Crippen LogP contribution in [-0.2, 0) is 11.3 Å². The lowest BCUT2D eigenvalue weighted by molar-refractivity contribution is -0.125. The Kier molecular flexibility index (Phi) is 5.24. The fourth-order valence-electron chi connectivity index (χ4n) is 2.01. The Morgan fingerprint density at radius 2 is 2.00 bits per heavy atom. The average molecular weight is 289 g/mol. The van der Waals surface area contributed by atoms with E-state index < -0.39 is 0 Å². The van der Waals surface area contributed by atoms with Crippen molar-refractivity contribution >= 4 is 17.2 Å². The highest BCUT2D eigenvalue weighted by Gasteiger charge is 2.14. The van der Waals surface area contributed by atoms with Gasteiger partial charge in [-0.05, 0) is 25.0 Å². The highest BCUT2D eigenvalue weighted by Crippen LogP contribution is 2.21. The summed E-state index contributed by atoms with van der Waals surface area (Å²) < 4.78 is 0. The maximum atomic E-state index is 11.9. The molecule has 2 rings (SSSR count). The number of rotatable bonds is 6. The maximum Gasteiger partial charge on any atom is 0.223 e. The lowest BCUT2D eigenvalue weighted by Gasteiger charge is -2.11. The van der Waals surface area contributed by atoms with Crippen molar-refractivity contribution in [2.75, 3.05) is 0 Å². The second-order valence-electron chi connectivity index (χ2n) is 4.59. The molecule has 0 spiro atoms. The van der Waals surface area contributed by atoms with E-state index in [1.807, 2.05) is 31.4 Å². The number of thiazole rings is 1. The molecule has 5 heteroatoms. The molecule has 2 aromatic rings. The molecule has 1 amide bonds. The Balaban J connectivity index is 1.95. The van der Waals surface area contributed by atoms with Gasteiger partial charge in [-0.25, -0.2) is 4.98 Å². The van der Waals surface area contributed by atoms with E-state index in [0.29, 0.717) is 6.54 Å². The van der Waals surface area contributed by atoms with Gasteiger partial charge in [-0.3, -0.25) is 9.78 Å². The molecule has 0 saturated heterocycles. The van der Waals surface area contributed by atoms with Crippen LogP contribution in [0.2, 0.25) is 0 Å². The number of hydrogen-bond acceptors (Lipinski definition) is 4. The first kappa shape index (κ1) is 14.7. The molecule has 0 fully saturated rings. The summed E-state index contributed by atoms with van der Waals surface area (Å²) >= 11 is 1.57. The van der Waals surface area contributed by atoms with Gasteiger partial charge >= 0.3 is 0 Å². The van der Waals surface area contributed by atoms with Crippen molar-refractivity contribution in [3.63, 3.8) is 0 Å². The SMILES string of the molecule is CCC(CC)C(=O)NCc1nc(-c2ccncc2)cs1. The van der Waals surface area contributed by atoms with Gasteiger partial charge < -0.3 is 5.32 Å². The van der Waals surface area contributed by atoms with Crippen molar-refractivity contribution in [3.05, 3.63) is 34.9 Å². The van der Waals surface area contributed by atoms with Crippen LogP contribution >= 0.6 is 11.3 Å². The second kappa shape index (κ2) is 7.14. The molecule has 0 bridgehead atoms. The number of carbonyl (C=O) groups excluding carboxylic acids is 1. The predicted octanol–water partition coefficient (Wildman–Crippen LogP) is 3.26. The fourth-order valence-corrected chi connectivity index (χ4v) is 2.76. The summed E-state index contributed by atoms with van der Waals surface area (Å²) in [6.07, 6.45) is 5.26. The highest BCUT2D eigenvalue weighted by atomic mass is 32.1. The molecule has 0 saturated carbocycles. The third-order valence-corrected chi connectivity index (χ3v) is 4.15. The first-order chi connectivity index (χ1) is 9.74. The minimum absolute atomic E-state index is 0.106. The van der Waals surface area contributed by atoms with E-state index in [0.717, 1.165) is 29.1 Å². The normalized spacial score (nSPS) is 10.8. The van der Waals surface area contributed by atoms with Gasteiger partial charge in [-0.2, -0.15) is 0 Å². The van der Waals surface area contributed by atoms with Gasteiger partial charge in [0.2, 0.25) is 5.91 Å². The quantitative estimate of drug-likeness (QED) is 0.888. The maximum absolute atomic E-state index is 11.9. The Morgan fingerprint density at radius 3 is 2.65 bits per heavy atom. The minimum Gasteiger partial charge on any atom is -0.349 e. The third kappa shape index (κ3) is 3.63. The van der Waals surface area contributed by atoms with Crippen molar-refractivity contribution < 1.29 is 4.79 Å². The standard InChI is InChI=1S/C15H19N3OS/c1-3-11(4-2)15(19)17-9-14-18-13(10-20-14)12-5-7-16-8-6-12/h5-8,10-11H,3-4,9H2,1-2H3,(H,17,19). The van der Waals surface area contributed by atoms with Crippen molar-refractivity contribution in [2.45, 2.75) is 33.2 Å². The van der Waals surface area contributed by atoms with Crippen LogP contribution in [0.3, 0.4) is 0 Å². The van der Waals surface area contributed by atoms with Crippen LogP contribution in [0.25, 0.3) is 11.3 Å². The predicted molar refractivity (Wildman–Crippen MR) is 81.3 cm³/mol. The van der Waals surface area contributed by atoms with Crippen LogP contribution in [0.4, 0.5) is 0 Å². The summed E-state index contributed by atoms with van der Waals surface area (Å²) in [7, 11) is 0. The molecule has 4 nitrogen and oxygen atoms in total. The number of aromatic nitrogens is 2. The Hall–Kier alpha value is -1.75. The van der Waals surface area contributed by atoms with Crippen LogP contribution < -0.4 is 5.32 Å². The summed E-state index contributed by atoms with van der Waals surface area (Å²) in [5, 5.41) is 5.90. The number of nitrogens with one attached hydrogen (secondary N) is 1. The van der Waals surface area contributed by atoms with Gasteiger partial charge in [-0.15, -0.1) is 11.3 Å². The molecule has 1 N–H and O–H groups in total. The smallest absolute Gasteiger partial charge is 0.223 e. The summed E-state index contributed by atoms with van der Waals surface area (Å²) in [5.74, 6) is 0.227. The van der Waals surface area contributed by atoms with Gasteiger partial charge in [0, 0.05) is 29.3 Å². The average Bonchev–Trinajstić information content (AvgIpc) is 2.96. The second-order valence-corrected chi connectivity index (χ2v) is 5.54. The van der Waals surface area contributed by atoms with E-state index in [9.17, 15) is 4.79 Å². The zero-order valence-corrected chi connectivity index (χ0v) is 12.6. The molecule has 0 aliphatic carbocycles. The van der Waals surface area contributed by atoms with Crippen molar-refractivity contribution in [1.29, 1.82) is 0 Å². The molecule has 20 heavy (non-hydrogen) atoms. The van der Waals surface area contributed by atoms with Crippen molar-refractivity contribution in [1.82, 2.24) is 15.3 Å². The van der Waals surface area contributed by atoms with Gasteiger partial charge in [-0.1, -0.05) is 13.8 Å². The van der Waals surface area contributed by atoms with E-state index >= 15 is 0 Å². The molecule has 0 aromatic carbocycles. The first-order valence-electron chi connectivity index (χ1n) is 6.87. The van der Waals surface area contributed by atoms with E-state index in [4.69, 9.17) is 0 Å². The summed E-state index contributed by atoms with van der Waals surface area (Å²) in [5.41, 5.74) is 1.98. The van der Waals surface area contributed by atoms with E-state index in [1.165, 1.54) is 0 Å². The third-order valence-electron chi connectivity index (χ3n) is 3.30. The van der Waals surface area contributed by atoms with Crippen LogP contribution in [0.15, 0.2) is 29.9 Å². The molecule has 0 unspecified atom stereocenters. The van der Waals surface area contributed by atoms with Crippen molar-refractivity contribution in [3.8, 4) is 11.3 Å². The number of hydrogen-bond donors (Lipinski definition) is 1. The number of nitrogens with zero attached hydrogens (tertiary/aromatic N) is 2. The van der Waals surface area contributed by atoms with E-state index in [1.54, 1.807) is 23.7 Å². The topological polar surface area (TPSA) is 54.9 Å². The first-order valence-corrected chi connectivity index (χ1v) is 7.75. The van der Waals surface area contributed by atoms with Gasteiger partial charge in [0.15, 0.2) is 0 Å². The van der Waals surface area contributed by atoms with Crippen LogP contribution in [0, 0.1) is 5.92 Å². The number of amides is 1. The fraction of sp³-hybridized carbons (Fsp3) is 0.400. The zero-order valence-electron chi connectivity index (χ0n) is 11.8. The van der Waals surface area contributed by atoms with Crippen molar-refractivity contribution in [2.24, 2.45) is 5.92 Å². The molecule has 0 aliphatic rings. The van der Waals surface area contributed by atoms with Crippen LogP contribution in [-0.4, -0.2) is 15.9 Å². The number of pyridine rings is 1. The molecule has 0 radical (unpaired) electrons. The molecule has 0 atom stereocenters. The minimum atomic E-state index is 0.106. The van der Waals surface area contributed by atoms with Crippen LogP contribution in [0.1, 0.15) is 31.7 Å². The lowest BCUT2D eigenvalue weighted by atomic mass is 10.0. The summed E-state index contributed by atoms with van der Waals surface area (Å²) in [4.78, 5) is 20.4. The molecule has 106 valence electrons. The largest absolute Gasteiger partial charge is 0.349 e. The molecule has 2 aromatic heterocycles. The highest BCUT2D eigenvalue weighted by molar-refractivity contribution is 7.09. The molecule has 2 heterocycles. The molecule has 0 aliphatic heterocycles. The van der Waals surface area contributed by atoms with Crippen LogP contribution in [0.5, 0.6) is 0 Å². The van der Waals surface area contributed by atoms with Gasteiger partial charge in [0.25, 0.3) is 0 Å². The molecular weight excluding hydrogens is 270 g/mol. The van der Waals surface area contributed by atoms with E-state index in [2.05, 4.69) is 15.3 Å². The summed E-state index contributed by atoms with van der Waals surface area (Å²) in [6.45, 7) is 4.59. The Morgan fingerprint density at radius 1 is 1.30 bits per heavy atom. The molecular formula is C15H19N3OS. The van der Waals surface area contributed by atoms with Gasteiger partial charge in [0.05, 0.1) is 12.2 Å². The Bertz CT molecular complexity index is 549. The Labute approximate surface area is 123 Å². The van der Waals surface area contributed by atoms with E-state index in [-0.39, 0.29) is 11.8 Å². The van der Waals surface area contributed by atoms with Gasteiger partial charge in [0.1, 0.15) is 5.01 Å². The monoisotopic (exact) mass is 289 g/mol. The zero-order chi connectivity index (χ0) is 14.4. The summed E-state index contributed by atoms with van der Waals surface area (Å²) in [6, 6.07) is 3.86. The number of carbonyl (C=O) groups is 1. The lowest BCUT2D eigenvalue weighted by Crippen LogP contribution is -2.29.